The first-order valence-corrected chi connectivity index (χ1v) is 10.9. The number of methoxy groups -OCH3 is 2. The zero-order chi connectivity index (χ0) is 21.8. The van der Waals surface area contributed by atoms with Crippen molar-refractivity contribution < 1.29 is 18.7 Å². The minimum atomic E-state index is -0.236. The van der Waals surface area contributed by atoms with E-state index in [-0.39, 0.29) is 17.5 Å². The summed E-state index contributed by atoms with van der Waals surface area (Å²) in [5, 5.41) is 1.52. The van der Waals surface area contributed by atoms with Crippen LogP contribution in [0.4, 0.5) is 10.1 Å². The number of amides is 1. The number of para-hydroxylation sites is 1. The van der Waals surface area contributed by atoms with Gasteiger partial charge in [-0.05, 0) is 18.2 Å². The van der Waals surface area contributed by atoms with E-state index in [2.05, 4.69) is 9.97 Å². The molecule has 162 valence electrons. The van der Waals surface area contributed by atoms with Gasteiger partial charge in [-0.15, -0.1) is 0 Å². The molecule has 0 saturated carbocycles. The van der Waals surface area contributed by atoms with Crippen molar-refractivity contribution in [3.63, 3.8) is 0 Å². The third-order valence-corrected chi connectivity index (χ3v) is 6.25. The number of anilines is 1. The van der Waals surface area contributed by atoms with Gasteiger partial charge in [-0.25, -0.2) is 14.4 Å². The van der Waals surface area contributed by atoms with Gasteiger partial charge in [0.2, 0.25) is 5.91 Å². The van der Waals surface area contributed by atoms with Crippen LogP contribution in [0.5, 0.6) is 11.5 Å². The Morgan fingerprint density at radius 2 is 1.77 bits per heavy atom. The molecule has 1 aromatic heterocycles. The lowest BCUT2D eigenvalue weighted by Crippen LogP contribution is -2.49. The molecule has 31 heavy (non-hydrogen) atoms. The molecular weight excluding hydrogens is 419 g/mol. The average Bonchev–Trinajstić information content (AvgIpc) is 2.82. The number of hydrogen-bond donors (Lipinski definition) is 0. The summed E-state index contributed by atoms with van der Waals surface area (Å²) in [6.45, 7) is 2.32. The fourth-order valence-electron chi connectivity index (χ4n) is 3.60. The minimum absolute atomic E-state index is 0.0328. The summed E-state index contributed by atoms with van der Waals surface area (Å²) in [6.07, 6.45) is 1.48. The van der Waals surface area contributed by atoms with Crippen LogP contribution in [0, 0.1) is 5.82 Å². The van der Waals surface area contributed by atoms with Crippen molar-refractivity contribution in [1.29, 1.82) is 0 Å². The van der Waals surface area contributed by atoms with Gasteiger partial charge in [0.25, 0.3) is 0 Å². The molecule has 0 aliphatic carbocycles. The number of rotatable bonds is 6. The Balaban J connectivity index is 1.40. The molecule has 2 heterocycles. The van der Waals surface area contributed by atoms with Crippen LogP contribution in [0.15, 0.2) is 47.8 Å². The Bertz CT molecular complexity index is 1090. The Kier molecular flexibility index (Phi) is 6.41. The average molecular weight is 443 g/mol. The second kappa shape index (κ2) is 9.38. The molecule has 0 radical (unpaired) electrons. The fraction of sp³-hybridized carbons (Fsp3) is 0.318. The molecule has 0 unspecified atom stereocenters. The van der Waals surface area contributed by atoms with Crippen molar-refractivity contribution in [3.8, 4) is 11.5 Å². The number of fused-ring (bicyclic) bond motifs is 1. The maximum Gasteiger partial charge on any atom is 0.233 e. The third-order valence-electron chi connectivity index (χ3n) is 5.26. The summed E-state index contributed by atoms with van der Waals surface area (Å²) in [5.41, 5.74) is 1.31. The quantitative estimate of drug-likeness (QED) is 0.429. The van der Waals surface area contributed by atoms with E-state index in [0.717, 1.165) is 10.9 Å². The summed E-state index contributed by atoms with van der Waals surface area (Å²) in [4.78, 5) is 25.2. The van der Waals surface area contributed by atoms with Crippen molar-refractivity contribution >= 4 is 34.3 Å². The SMILES string of the molecule is COc1cc2ncnc(SCC(=O)N3CCN(c4ccccc4F)CC3)c2cc1OC. The first-order chi connectivity index (χ1) is 15.1. The Hall–Kier alpha value is -3.07. The van der Waals surface area contributed by atoms with Crippen LogP contribution in [0.1, 0.15) is 0 Å². The lowest BCUT2D eigenvalue weighted by atomic mass is 10.2. The number of benzene rings is 2. The second-order valence-corrected chi connectivity index (χ2v) is 7.98. The van der Waals surface area contributed by atoms with Crippen molar-refractivity contribution in [2.24, 2.45) is 0 Å². The molecule has 0 bridgehead atoms. The van der Waals surface area contributed by atoms with E-state index < -0.39 is 0 Å². The normalized spacial score (nSPS) is 14.0. The van der Waals surface area contributed by atoms with Gasteiger partial charge >= 0.3 is 0 Å². The molecule has 1 aliphatic rings. The van der Waals surface area contributed by atoms with Gasteiger partial charge in [0, 0.05) is 37.6 Å². The lowest BCUT2D eigenvalue weighted by Gasteiger charge is -2.36. The van der Waals surface area contributed by atoms with E-state index >= 15 is 0 Å². The first-order valence-electron chi connectivity index (χ1n) is 9.87. The summed E-state index contributed by atoms with van der Waals surface area (Å²) in [6, 6.07) is 10.4. The number of halogens is 1. The zero-order valence-electron chi connectivity index (χ0n) is 17.4. The topological polar surface area (TPSA) is 67.8 Å². The number of hydrogen-bond acceptors (Lipinski definition) is 7. The van der Waals surface area contributed by atoms with E-state index in [1.807, 2.05) is 21.9 Å². The number of thioether (sulfide) groups is 1. The molecule has 4 rings (SSSR count). The maximum atomic E-state index is 14.0. The number of aromatic nitrogens is 2. The Morgan fingerprint density at radius 3 is 2.48 bits per heavy atom. The molecule has 1 amide bonds. The van der Waals surface area contributed by atoms with E-state index in [0.29, 0.717) is 48.4 Å². The summed E-state index contributed by atoms with van der Waals surface area (Å²) < 4.78 is 24.7. The molecule has 7 nitrogen and oxygen atoms in total. The van der Waals surface area contributed by atoms with E-state index in [1.165, 1.54) is 24.2 Å². The van der Waals surface area contributed by atoms with Crippen LogP contribution in [-0.2, 0) is 4.79 Å². The van der Waals surface area contributed by atoms with Gasteiger partial charge in [-0.2, -0.15) is 0 Å². The molecule has 3 aromatic rings. The van der Waals surface area contributed by atoms with E-state index in [9.17, 15) is 9.18 Å². The third kappa shape index (κ3) is 4.51. The largest absolute Gasteiger partial charge is 0.493 e. The first kappa shape index (κ1) is 21.2. The highest BCUT2D eigenvalue weighted by Crippen LogP contribution is 2.34. The van der Waals surface area contributed by atoms with E-state index in [4.69, 9.17) is 9.47 Å². The summed E-state index contributed by atoms with van der Waals surface area (Å²) in [7, 11) is 3.15. The minimum Gasteiger partial charge on any atom is -0.493 e. The standard InChI is InChI=1S/C22H23FN4O3S/c1-29-19-11-15-17(12-20(19)30-2)24-14-25-22(15)31-13-21(28)27-9-7-26(8-10-27)18-6-4-3-5-16(18)23/h3-6,11-12,14H,7-10,13H2,1-2H3. The van der Waals surface area contributed by atoms with Gasteiger partial charge in [0.05, 0.1) is 31.2 Å². The van der Waals surface area contributed by atoms with Crippen molar-refractivity contribution in [1.82, 2.24) is 14.9 Å². The number of carbonyl (C=O) groups is 1. The van der Waals surface area contributed by atoms with E-state index in [1.54, 1.807) is 32.4 Å². The van der Waals surface area contributed by atoms with Crippen molar-refractivity contribution in [3.05, 3.63) is 48.5 Å². The van der Waals surface area contributed by atoms with Crippen LogP contribution in [-0.4, -0.2) is 66.9 Å². The number of piperazine rings is 1. The van der Waals surface area contributed by atoms with Crippen LogP contribution >= 0.6 is 11.8 Å². The highest BCUT2D eigenvalue weighted by atomic mass is 32.2. The number of ether oxygens (including phenoxy) is 2. The number of nitrogens with zero attached hydrogens (tertiary/aromatic N) is 4. The summed E-state index contributed by atoms with van der Waals surface area (Å²) >= 11 is 1.37. The zero-order valence-corrected chi connectivity index (χ0v) is 18.2. The molecule has 0 atom stereocenters. The predicted octanol–water partition coefficient (Wildman–Crippen LogP) is 3.23. The highest BCUT2D eigenvalue weighted by Gasteiger charge is 2.23. The maximum absolute atomic E-state index is 14.0. The molecule has 1 fully saturated rings. The molecule has 1 aliphatic heterocycles. The Labute approximate surface area is 184 Å². The lowest BCUT2D eigenvalue weighted by molar-refractivity contribution is -0.128. The number of carbonyl (C=O) groups excluding carboxylic acids is 1. The van der Waals surface area contributed by atoms with Gasteiger partial charge in [0.15, 0.2) is 11.5 Å². The summed E-state index contributed by atoms with van der Waals surface area (Å²) in [5.74, 6) is 1.24. The molecule has 1 saturated heterocycles. The van der Waals surface area contributed by atoms with Gasteiger partial charge in [0.1, 0.15) is 17.2 Å². The molecule has 9 heteroatoms. The molecule has 2 aromatic carbocycles. The van der Waals surface area contributed by atoms with Crippen LogP contribution < -0.4 is 14.4 Å². The Morgan fingerprint density at radius 1 is 1.06 bits per heavy atom. The van der Waals surface area contributed by atoms with Gasteiger partial charge in [-0.3, -0.25) is 4.79 Å². The molecule has 0 N–H and O–H groups in total. The smallest absolute Gasteiger partial charge is 0.233 e. The van der Waals surface area contributed by atoms with Crippen LogP contribution in [0.3, 0.4) is 0 Å². The molecular formula is C22H23FN4O3S. The highest BCUT2D eigenvalue weighted by molar-refractivity contribution is 8.00. The predicted molar refractivity (Wildman–Crippen MR) is 119 cm³/mol. The van der Waals surface area contributed by atoms with Gasteiger partial charge < -0.3 is 19.3 Å². The van der Waals surface area contributed by atoms with Crippen LogP contribution in [0.25, 0.3) is 10.9 Å². The van der Waals surface area contributed by atoms with Crippen molar-refractivity contribution in [2.75, 3.05) is 51.1 Å². The fourth-order valence-corrected chi connectivity index (χ4v) is 4.48. The molecule has 0 spiro atoms. The monoisotopic (exact) mass is 442 g/mol. The van der Waals surface area contributed by atoms with Crippen LogP contribution in [0.2, 0.25) is 0 Å². The van der Waals surface area contributed by atoms with Crippen molar-refractivity contribution in [2.45, 2.75) is 5.03 Å². The second-order valence-electron chi connectivity index (χ2n) is 7.01. The van der Waals surface area contributed by atoms with Gasteiger partial charge in [-0.1, -0.05) is 23.9 Å².